The second-order valence-corrected chi connectivity index (χ2v) is 21.5. The van der Waals surface area contributed by atoms with E-state index >= 15 is 0 Å². The van der Waals surface area contributed by atoms with Crippen LogP contribution in [0.2, 0.25) is 0 Å². The standard InChI is InChI=1S/C55H104N14O15/c1-39(51(56)76)17-9-12-26-63-53(78)44(19-11-14-24-59-45(70)20-15-22-47(72)66-42(35-64-54(4,5)40(2)68-79)36-65-55(6,7)41(3)69-80)67-48(73)23-16-21-46(71)61-27-29-81-31-34-84-38-50(75)62-28-30-82-32-33-83-37-49(74)60-25-13-10-18-43(58-8)52(57)77/h39,42-44,58,64-65,79-80H,9-38H2,1-8H3,(H2,56,76)(H2,57,77)(H,59,70)(H,60,74)(H,61,71)(H,62,75)(H,63,78)(H,66,72)(H,67,73)/b68-40-,69-41-/t39-,43-,44-/m0/s1. The third-order valence-corrected chi connectivity index (χ3v) is 13.7. The summed E-state index contributed by atoms with van der Waals surface area (Å²) in [6, 6.07) is -1.67. The van der Waals surface area contributed by atoms with Crippen molar-refractivity contribution in [2.24, 2.45) is 27.7 Å². The van der Waals surface area contributed by atoms with Gasteiger partial charge >= 0.3 is 0 Å². The predicted octanol–water partition coefficient (Wildman–Crippen LogP) is -0.914. The molecule has 0 aromatic rings. The SMILES string of the molecule is CN[C@@H](CCCCNC(=O)COCCOCCNC(=O)COCCOCCNC(=O)CCCC(=O)N[C@@H](CCCCNC(=O)CCCC(=O)NC(CNC(C)(C)/C(C)=N\O)CNC(C)(C)/C(C)=N\O)C(=O)NCCCC[C@H](C)C(N)=O)C(N)=O. The van der Waals surface area contributed by atoms with E-state index in [2.05, 4.69) is 63.5 Å². The first-order chi connectivity index (χ1) is 39.9. The van der Waals surface area contributed by atoms with E-state index in [1.807, 2.05) is 27.7 Å². The maximum absolute atomic E-state index is 13.3. The van der Waals surface area contributed by atoms with Crippen molar-refractivity contribution in [3.05, 3.63) is 0 Å². The van der Waals surface area contributed by atoms with Gasteiger partial charge in [0.15, 0.2) is 0 Å². The van der Waals surface area contributed by atoms with Crippen LogP contribution in [0.1, 0.15) is 145 Å². The fourth-order valence-corrected chi connectivity index (χ4v) is 7.55. The van der Waals surface area contributed by atoms with Crippen molar-refractivity contribution >= 4 is 64.6 Å². The lowest BCUT2D eigenvalue weighted by Crippen LogP contribution is -2.57. The Balaban J connectivity index is 4.60. The van der Waals surface area contributed by atoms with Crippen LogP contribution >= 0.6 is 0 Å². The molecule has 29 heteroatoms. The van der Waals surface area contributed by atoms with Gasteiger partial charge in [-0.15, -0.1) is 0 Å². The average molecular weight is 1200 g/mol. The molecule has 16 N–H and O–H groups in total. The molecule has 0 radical (unpaired) electrons. The maximum Gasteiger partial charge on any atom is 0.246 e. The van der Waals surface area contributed by atoms with Crippen molar-refractivity contribution in [2.45, 2.75) is 174 Å². The van der Waals surface area contributed by atoms with Crippen molar-refractivity contribution in [2.75, 3.05) is 106 Å². The molecule has 0 saturated carbocycles. The van der Waals surface area contributed by atoms with Crippen LogP contribution in [0.3, 0.4) is 0 Å². The molecule has 0 aromatic heterocycles. The maximum atomic E-state index is 13.3. The molecule has 0 rings (SSSR count). The lowest BCUT2D eigenvalue weighted by Gasteiger charge is -2.32. The normalized spacial score (nSPS) is 13.1. The van der Waals surface area contributed by atoms with Crippen LogP contribution in [-0.4, -0.2) is 210 Å². The zero-order valence-electron chi connectivity index (χ0n) is 51.3. The highest BCUT2D eigenvalue weighted by Gasteiger charge is 2.27. The van der Waals surface area contributed by atoms with Crippen LogP contribution < -0.4 is 64.6 Å². The Morgan fingerprint density at radius 2 is 0.857 bits per heavy atom. The molecule has 29 nitrogen and oxygen atoms in total. The van der Waals surface area contributed by atoms with Gasteiger partial charge in [-0.05, 0) is 113 Å². The number of rotatable bonds is 53. The number of amides is 9. The Bertz CT molecular complexity index is 1980. The van der Waals surface area contributed by atoms with Gasteiger partial charge in [0, 0.05) is 77.4 Å². The van der Waals surface area contributed by atoms with Crippen molar-refractivity contribution in [3.63, 3.8) is 0 Å². The van der Waals surface area contributed by atoms with Gasteiger partial charge in [-0.3, -0.25) is 43.2 Å². The molecule has 0 spiro atoms. The van der Waals surface area contributed by atoms with Crippen molar-refractivity contribution in [1.29, 1.82) is 0 Å². The quantitative estimate of drug-likeness (QED) is 0.0152. The molecule has 0 heterocycles. The van der Waals surface area contributed by atoms with E-state index in [-0.39, 0.29) is 158 Å². The summed E-state index contributed by atoms with van der Waals surface area (Å²) >= 11 is 0. The largest absolute Gasteiger partial charge is 0.411 e. The van der Waals surface area contributed by atoms with E-state index in [1.54, 1.807) is 27.8 Å². The molecule has 0 bridgehead atoms. The van der Waals surface area contributed by atoms with E-state index in [4.69, 9.17) is 30.4 Å². The highest BCUT2D eigenvalue weighted by Crippen LogP contribution is 2.10. The molecular weight excluding hydrogens is 1100 g/mol. The number of hydrogen-bond donors (Lipinski definition) is 14. The average Bonchev–Trinajstić information content (AvgIpc) is 3.61. The van der Waals surface area contributed by atoms with Crippen LogP contribution in [0.4, 0.5) is 0 Å². The second kappa shape index (κ2) is 47.2. The number of ether oxygens (including phenoxy) is 4. The highest BCUT2D eigenvalue weighted by molar-refractivity contribution is 5.91. The second-order valence-electron chi connectivity index (χ2n) is 21.5. The molecule has 84 heavy (non-hydrogen) atoms. The van der Waals surface area contributed by atoms with Gasteiger partial charge in [-0.1, -0.05) is 23.7 Å². The zero-order valence-corrected chi connectivity index (χ0v) is 51.3. The number of unbranched alkanes of at least 4 members (excludes halogenated alkanes) is 3. The van der Waals surface area contributed by atoms with E-state index < -0.39 is 40.9 Å². The number of nitrogens with zero attached hydrogens (tertiary/aromatic N) is 2. The third-order valence-electron chi connectivity index (χ3n) is 13.7. The summed E-state index contributed by atoms with van der Waals surface area (Å²) in [5.41, 5.74) is 10.2. The van der Waals surface area contributed by atoms with Gasteiger partial charge in [0.1, 0.15) is 19.3 Å². The minimum atomic E-state index is -0.866. The molecule has 0 aliphatic rings. The summed E-state index contributed by atoms with van der Waals surface area (Å²) < 4.78 is 21.5. The van der Waals surface area contributed by atoms with Gasteiger partial charge in [-0.2, -0.15) is 0 Å². The number of primary amides is 2. The molecule has 0 aliphatic carbocycles. The Morgan fingerprint density at radius 1 is 0.464 bits per heavy atom. The zero-order chi connectivity index (χ0) is 63.2. The van der Waals surface area contributed by atoms with E-state index in [0.717, 1.165) is 6.42 Å². The van der Waals surface area contributed by atoms with Crippen LogP contribution in [0, 0.1) is 5.92 Å². The van der Waals surface area contributed by atoms with Crippen LogP contribution in [0.25, 0.3) is 0 Å². The smallest absolute Gasteiger partial charge is 0.246 e. The van der Waals surface area contributed by atoms with Crippen molar-refractivity contribution in [3.8, 4) is 0 Å². The molecular formula is C55H104N14O15. The number of nitrogens with two attached hydrogens (primary N) is 2. The summed E-state index contributed by atoms with van der Waals surface area (Å²) in [6.07, 6.45) is 5.90. The van der Waals surface area contributed by atoms with E-state index in [0.29, 0.717) is 89.1 Å². The fourth-order valence-electron chi connectivity index (χ4n) is 7.55. The highest BCUT2D eigenvalue weighted by atomic mass is 16.5. The molecule has 3 atom stereocenters. The lowest BCUT2D eigenvalue weighted by atomic mass is 9.98. The summed E-state index contributed by atoms with van der Waals surface area (Å²) in [7, 11) is 1.67. The molecule has 0 saturated heterocycles. The molecule has 0 aliphatic heterocycles. The van der Waals surface area contributed by atoms with Gasteiger partial charge in [0.2, 0.25) is 53.2 Å². The molecule has 0 aromatic carbocycles. The molecule has 9 amide bonds. The van der Waals surface area contributed by atoms with Crippen LogP contribution in [-0.2, 0) is 62.1 Å². The topological polar surface area (TPSA) is 428 Å². The Morgan fingerprint density at radius 3 is 1.31 bits per heavy atom. The van der Waals surface area contributed by atoms with Crippen molar-refractivity contribution in [1.82, 2.24) is 53.2 Å². The Labute approximate surface area is 496 Å². The van der Waals surface area contributed by atoms with E-state index in [1.165, 1.54) is 0 Å². The first-order valence-electron chi connectivity index (χ1n) is 29.3. The Hall–Kier alpha value is -6.11. The first kappa shape index (κ1) is 77.9. The minimum Gasteiger partial charge on any atom is -0.411 e. The first-order valence-corrected chi connectivity index (χ1v) is 29.3. The van der Waals surface area contributed by atoms with Crippen molar-refractivity contribution < 1.29 is 72.5 Å². The Kier molecular flexibility index (Phi) is 43.7. The van der Waals surface area contributed by atoms with Gasteiger partial charge in [0.05, 0.1) is 74.2 Å². The number of oxime groups is 2. The molecule has 484 valence electrons. The van der Waals surface area contributed by atoms with Gasteiger partial charge < -0.3 is 94.0 Å². The number of likely N-dealkylation sites (N-methyl/N-ethyl adjacent to an activating group) is 1. The lowest BCUT2D eigenvalue weighted by molar-refractivity contribution is -0.129. The summed E-state index contributed by atoms with van der Waals surface area (Å²) in [5, 5.41) is 54.2. The number of carbonyl (C=O) groups excluding carboxylic acids is 9. The fraction of sp³-hybridized carbons (Fsp3) is 0.800. The van der Waals surface area contributed by atoms with Gasteiger partial charge in [0.25, 0.3) is 0 Å². The summed E-state index contributed by atoms with van der Waals surface area (Å²) in [4.78, 5) is 111. The molecule has 0 unspecified atom stereocenters. The summed E-state index contributed by atoms with van der Waals surface area (Å²) in [5.74, 6) is -3.26. The van der Waals surface area contributed by atoms with E-state index in [9.17, 15) is 53.6 Å². The van der Waals surface area contributed by atoms with Crippen LogP contribution in [0.5, 0.6) is 0 Å². The minimum absolute atomic E-state index is 0.00564. The summed E-state index contributed by atoms with van der Waals surface area (Å²) in [6.45, 7) is 15.6. The molecule has 0 fully saturated rings. The third kappa shape index (κ3) is 41.0. The number of nitrogens with one attached hydrogen (secondary N) is 10. The predicted molar refractivity (Wildman–Crippen MR) is 316 cm³/mol. The monoisotopic (exact) mass is 1200 g/mol. The number of carbonyl (C=O) groups is 9. The van der Waals surface area contributed by atoms with Gasteiger partial charge in [-0.25, -0.2) is 0 Å². The van der Waals surface area contributed by atoms with Crippen LogP contribution in [0.15, 0.2) is 10.3 Å². The number of hydrogen-bond acceptors (Lipinski definition) is 20.